The number of nitrogens with zero attached hydrogens (tertiary/aromatic N) is 5. The van der Waals surface area contributed by atoms with Crippen molar-refractivity contribution in [1.29, 1.82) is 0 Å². The Hall–Kier alpha value is -3.01. The predicted molar refractivity (Wildman–Crippen MR) is 131 cm³/mol. The number of pyridine rings is 1. The van der Waals surface area contributed by atoms with Crippen molar-refractivity contribution in [1.82, 2.24) is 29.6 Å². The predicted octanol–water partition coefficient (Wildman–Crippen LogP) is 3.93. The summed E-state index contributed by atoms with van der Waals surface area (Å²) >= 11 is 0. The van der Waals surface area contributed by atoms with Gasteiger partial charge in [-0.25, -0.2) is 23.7 Å². The minimum atomic E-state index is -0.446. The van der Waals surface area contributed by atoms with Gasteiger partial charge in [0.05, 0.1) is 6.20 Å². The standard InChI is InChI=1S/C22H22FN7O.2ClH/c1-13(2)29-21(31)18-12-26-22(27-17-5-3-15-10-24-8-7-14(15)9-17)28-20(18)30(29)19-6-4-16(23)11-25-19;;/h3-6,9,11-13,24H,7-8,10H2,1-2H3,(H,26,27,28);2*1H. The minimum absolute atomic E-state index is 0. The minimum Gasteiger partial charge on any atom is -0.324 e. The first kappa shape index (κ1) is 24.6. The van der Waals surface area contributed by atoms with Gasteiger partial charge in [0, 0.05) is 24.5 Å². The molecule has 0 saturated carbocycles. The number of aromatic nitrogens is 5. The largest absolute Gasteiger partial charge is 0.324 e. The summed E-state index contributed by atoms with van der Waals surface area (Å²) in [7, 11) is 0. The Kier molecular flexibility index (Phi) is 7.36. The van der Waals surface area contributed by atoms with E-state index in [4.69, 9.17) is 0 Å². The molecule has 0 aliphatic carbocycles. The second kappa shape index (κ2) is 9.86. The molecule has 1 aliphatic heterocycles. The first-order chi connectivity index (χ1) is 15.0. The third-order valence-corrected chi connectivity index (χ3v) is 5.39. The van der Waals surface area contributed by atoms with Crippen molar-refractivity contribution in [2.45, 2.75) is 32.9 Å². The van der Waals surface area contributed by atoms with Gasteiger partial charge in [-0.15, -0.1) is 24.8 Å². The van der Waals surface area contributed by atoms with E-state index < -0.39 is 5.82 Å². The molecule has 0 atom stereocenters. The molecule has 0 radical (unpaired) electrons. The van der Waals surface area contributed by atoms with E-state index in [2.05, 4.69) is 37.7 Å². The molecular weight excluding hydrogens is 468 g/mol. The molecule has 8 nitrogen and oxygen atoms in total. The van der Waals surface area contributed by atoms with Crippen molar-refractivity contribution < 1.29 is 4.39 Å². The summed E-state index contributed by atoms with van der Waals surface area (Å²) in [6.07, 6.45) is 3.62. The second-order valence-electron chi connectivity index (χ2n) is 7.86. The highest BCUT2D eigenvalue weighted by Gasteiger charge is 2.20. The summed E-state index contributed by atoms with van der Waals surface area (Å²) in [5.74, 6) is 0.338. The molecule has 4 heterocycles. The number of halogens is 3. The third-order valence-electron chi connectivity index (χ3n) is 5.39. The van der Waals surface area contributed by atoms with Gasteiger partial charge in [-0.2, -0.15) is 4.98 Å². The van der Waals surface area contributed by atoms with Crippen LogP contribution in [-0.2, 0) is 13.0 Å². The lowest BCUT2D eigenvalue weighted by Crippen LogP contribution is -2.24. The number of hydrogen-bond acceptors (Lipinski definition) is 6. The van der Waals surface area contributed by atoms with Crippen LogP contribution < -0.4 is 16.2 Å². The Balaban J connectivity index is 0.00000153. The van der Waals surface area contributed by atoms with Gasteiger partial charge in [0.2, 0.25) is 5.95 Å². The van der Waals surface area contributed by atoms with E-state index in [0.29, 0.717) is 22.8 Å². The van der Waals surface area contributed by atoms with Gasteiger partial charge in [-0.3, -0.25) is 4.79 Å². The number of nitrogens with one attached hydrogen (secondary N) is 2. The fourth-order valence-corrected chi connectivity index (χ4v) is 3.92. The molecule has 174 valence electrons. The van der Waals surface area contributed by atoms with Crippen molar-refractivity contribution >= 4 is 47.5 Å². The van der Waals surface area contributed by atoms with E-state index in [1.807, 2.05) is 19.9 Å². The Morgan fingerprint density at radius 1 is 1.09 bits per heavy atom. The summed E-state index contributed by atoms with van der Waals surface area (Å²) in [5, 5.41) is 6.98. The van der Waals surface area contributed by atoms with Gasteiger partial charge < -0.3 is 10.6 Å². The zero-order valence-corrected chi connectivity index (χ0v) is 19.7. The molecule has 0 spiro atoms. The summed E-state index contributed by atoms with van der Waals surface area (Å²) in [5.41, 5.74) is 3.67. The molecule has 5 rings (SSSR count). The molecule has 2 N–H and O–H groups in total. The molecule has 0 unspecified atom stereocenters. The van der Waals surface area contributed by atoms with Gasteiger partial charge in [-0.1, -0.05) is 6.07 Å². The smallest absolute Gasteiger partial charge is 0.278 e. The molecule has 0 saturated heterocycles. The lowest BCUT2D eigenvalue weighted by molar-refractivity contribution is 0.471. The number of rotatable bonds is 4. The van der Waals surface area contributed by atoms with E-state index in [1.165, 1.54) is 29.5 Å². The Bertz CT molecular complexity index is 1340. The molecule has 0 bridgehead atoms. The number of fused-ring (bicyclic) bond motifs is 2. The summed E-state index contributed by atoms with van der Waals surface area (Å²) in [6, 6.07) is 8.88. The average molecular weight is 492 g/mol. The average Bonchev–Trinajstić information content (AvgIpc) is 3.06. The van der Waals surface area contributed by atoms with Crippen LogP contribution in [0, 0.1) is 5.82 Å². The first-order valence-corrected chi connectivity index (χ1v) is 10.2. The van der Waals surface area contributed by atoms with Crippen molar-refractivity contribution in [3.63, 3.8) is 0 Å². The zero-order chi connectivity index (χ0) is 21.5. The number of benzene rings is 1. The molecule has 1 aliphatic rings. The topological polar surface area (TPSA) is 89.7 Å². The lowest BCUT2D eigenvalue weighted by atomic mass is 10.0. The number of anilines is 2. The molecule has 3 aromatic heterocycles. The van der Waals surface area contributed by atoms with Crippen molar-refractivity contribution in [2.75, 3.05) is 11.9 Å². The van der Waals surface area contributed by atoms with Crippen LogP contribution in [0.3, 0.4) is 0 Å². The lowest BCUT2D eigenvalue weighted by Gasteiger charge is -2.18. The van der Waals surface area contributed by atoms with Crippen LogP contribution in [0.25, 0.3) is 16.9 Å². The number of hydrogen-bond donors (Lipinski definition) is 2. The maximum Gasteiger partial charge on any atom is 0.278 e. The molecule has 0 fully saturated rings. The maximum absolute atomic E-state index is 13.4. The van der Waals surface area contributed by atoms with E-state index >= 15 is 0 Å². The highest BCUT2D eigenvalue weighted by Crippen LogP contribution is 2.23. The highest BCUT2D eigenvalue weighted by molar-refractivity contribution is 5.85. The van der Waals surface area contributed by atoms with Crippen molar-refractivity contribution in [2.24, 2.45) is 0 Å². The van der Waals surface area contributed by atoms with Gasteiger partial charge in [-0.05, 0) is 62.2 Å². The molecule has 1 aromatic carbocycles. The van der Waals surface area contributed by atoms with E-state index in [9.17, 15) is 9.18 Å². The normalized spacial score (nSPS) is 12.7. The summed E-state index contributed by atoms with van der Waals surface area (Å²) < 4.78 is 16.6. The SMILES string of the molecule is CC(C)n1c(=O)c2cnc(Nc3ccc4c(c3)CCNC4)nc2n1-c1ccc(F)cn1.Cl.Cl. The summed E-state index contributed by atoms with van der Waals surface area (Å²) in [4.78, 5) is 26.1. The molecule has 11 heteroatoms. The fraction of sp³-hybridized carbons (Fsp3) is 0.273. The van der Waals surface area contributed by atoms with Crippen LogP contribution in [-0.4, -0.2) is 30.9 Å². The van der Waals surface area contributed by atoms with E-state index in [-0.39, 0.29) is 36.4 Å². The first-order valence-electron chi connectivity index (χ1n) is 10.2. The van der Waals surface area contributed by atoms with Gasteiger partial charge in [0.1, 0.15) is 11.2 Å². The molecular formula is C22H24Cl2FN7O. The fourth-order valence-electron chi connectivity index (χ4n) is 3.92. The zero-order valence-electron chi connectivity index (χ0n) is 18.1. The van der Waals surface area contributed by atoms with Gasteiger partial charge in [0.25, 0.3) is 5.56 Å². The monoisotopic (exact) mass is 491 g/mol. The maximum atomic E-state index is 13.4. The van der Waals surface area contributed by atoms with Crippen molar-refractivity contribution in [3.05, 3.63) is 70.0 Å². The van der Waals surface area contributed by atoms with Crippen LogP contribution in [0.1, 0.15) is 31.0 Å². The Labute approximate surface area is 202 Å². The van der Waals surface area contributed by atoms with Gasteiger partial charge in [0.15, 0.2) is 11.5 Å². The quantitative estimate of drug-likeness (QED) is 0.449. The highest BCUT2D eigenvalue weighted by atomic mass is 35.5. The van der Waals surface area contributed by atoms with Crippen LogP contribution in [0.2, 0.25) is 0 Å². The van der Waals surface area contributed by atoms with Gasteiger partial charge >= 0.3 is 0 Å². The van der Waals surface area contributed by atoms with E-state index in [1.54, 1.807) is 9.36 Å². The molecule has 0 amide bonds. The van der Waals surface area contributed by atoms with Crippen molar-refractivity contribution in [3.8, 4) is 5.82 Å². The molecule has 33 heavy (non-hydrogen) atoms. The van der Waals surface area contributed by atoms with E-state index in [0.717, 1.165) is 31.4 Å². The van der Waals surface area contributed by atoms with Crippen LogP contribution in [0.15, 0.2) is 47.5 Å². The van der Waals surface area contributed by atoms with Crippen LogP contribution >= 0.6 is 24.8 Å². The molecule has 4 aromatic rings. The Morgan fingerprint density at radius 3 is 2.64 bits per heavy atom. The summed E-state index contributed by atoms with van der Waals surface area (Å²) in [6.45, 7) is 5.63. The Morgan fingerprint density at radius 2 is 1.91 bits per heavy atom. The van der Waals surface area contributed by atoms with Crippen LogP contribution in [0.5, 0.6) is 0 Å². The third kappa shape index (κ3) is 4.57. The van der Waals surface area contributed by atoms with Crippen LogP contribution in [0.4, 0.5) is 16.0 Å². The second-order valence-corrected chi connectivity index (χ2v) is 7.86.